The number of ether oxygens (including phenoxy) is 2. The first-order chi connectivity index (χ1) is 15.7. The minimum absolute atomic E-state index is 0.267. The minimum atomic E-state index is -0.267. The molecule has 162 valence electrons. The van der Waals surface area contributed by atoms with Gasteiger partial charge in [-0.3, -0.25) is 4.79 Å². The van der Waals surface area contributed by atoms with Crippen LogP contribution in [0.25, 0.3) is 5.69 Å². The lowest BCUT2D eigenvalue weighted by Crippen LogP contribution is -2.12. The van der Waals surface area contributed by atoms with E-state index in [0.717, 1.165) is 11.3 Å². The van der Waals surface area contributed by atoms with Gasteiger partial charge in [-0.2, -0.15) is 4.68 Å². The normalized spacial score (nSPS) is 10.6. The van der Waals surface area contributed by atoms with E-state index < -0.39 is 0 Å². The van der Waals surface area contributed by atoms with Crippen molar-refractivity contribution in [3.05, 3.63) is 83.9 Å². The Kier molecular flexibility index (Phi) is 6.66. The summed E-state index contributed by atoms with van der Waals surface area (Å²) in [5.41, 5.74) is 2.87. The fourth-order valence-electron chi connectivity index (χ4n) is 3.05. The molecule has 0 fully saturated rings. The number of tetrazole rings is 1. The van der Waals surface area contributed by atoms with E-state index in [1.54, 1.807) is 36.1 Å². The standard InChI is InChI=1S/C23H21N5O3S/c1-30-21-13-17(11-12-20(21)31-15-16-7-4-3-5-8-16)22(29)24-18-9-6-10-19(14-18)28-23(32-2)25-26-27-28/h3-14H,15H2,1-2H3,(H,24,29). The van der Waals surface area contributed by atoms with E-state index in [0.29, 0.717) is 34.5 Å². The first kappa shape index (κ1) is 21.4. The Bertz CT molecular complexity index is 1210. The molecule has 1 heterocycles. The molecule has 9 heteroatoms. The van der Waals surface area contributed by atoms with Gasteiger partial charge in [-0.15, -0.1) is 5.10 Å². The highest BCUT2D eigenvalue weighted by Gasteiger charge is 2.13. The molecule has 0 radical (unpaired) electrons. The molecule has 0 bridgehead atoms. The number of carbonyl (C=O) groups excluding carboxylic acids is 1. The van der Waals surface area contributed by atoms with E-state index in [2.05, 4.69) is 20.8 Å². The molecule has 0 spiro atoms. The average Bonchev–Trinajstić information content (AvgIpc) is 3.32. The van der Waals surface area contributed by atoms with Crippen molar-refractivity contribution < 1.29 is 14.3 Å². The number of aromatic nitrogens is 4. The molecule has 3 aromatic carbocycles. The molecule has 1 amide bonds. The second kappa shape index (κ2) is 9.97. The SMILES string of the molecule is COc1cc(C(=O)Nc2cccc(-n3nnnc3SC)c2)ccc1OCc1ccccc1. The Morgan fingerprint density at radius 1 is 1.03 bits per heavy atom. The molecule has 4 aromatic rings. The van der Waals surface area contributed by atoms with Crippen LogP contribution in [0.4, 0.5) is 5.69 Å². The van der Waals surface area contributed by atoms with Gasteiger partial charge in [0.25, 0.3) is 5.91 Å². The van der Waals surface area contributed by atoms with Gasteiger partial charge < -0.3 is 14.8 Å². The van der Waals surface area contributed by atoms with Crippen molar-refractivity contribution in [3.63, 3.8) is 0 Å². The van der Waals surface area contributed by atoms with Crippen LogP contribution in [0.1, 0.15) is 15.9 Å². The van der Waals surface area contributed by atoms with Crippen LogP contribution >= 0.6 is 11.8 Å². The number of nitrogens with one attached hydrogen (secondary N) is 1. The van der Waals surface area contributed by atoms with Crippen LogP contribution < -0.4 is 14.8 Å². The summed E-state index contributed by atoms with van der Waals surface area (Å²) in [6, 6.07) is 22.3. The zero-order valence-electron chi connectivity index (χ0n) is 17.6. The van der Waals surface area contributed by atoms with Crippen molar-refractivity contribution in [2.45, 2.75) is 11.8 Å². The van der Waals surface area contributed by atoms with Gasteiger partial charge in [0, 0.05) is 11.3 Å². The van der Waals surface area contributed by atoms with Gasteiger partial charge in [0.05, 0.1) is 12.8 Å². The quantitative estimate of drug-likeness (QED) is 0.404. The molecule has 0 saturated carbocycles. The number of methoxy groups -OCH3 is 1. The predicted molar refractivity (Wildman–Crippen MR) is 123 cm³/mol. The highest BCUT2D eigenvalue weighted by atomic mass is 32.2. The Balaban J connectivity index is 1.48. The van der Waals surface area contributed by atoms with E-state index in [-0.39, 0.29) is 5.91 Å². The highest BCUT2D eigenvalue weighted by molar-refractivity contribution is 7.98. The van der Waals surface area contributed by atoms with E-state index in [4.69, 9.17) is 9.47 Å². The van der Waals surface area contributed by atoms with E-state index in [9.17, 15) is 4.79 Å². The fraction of sp³-hybridized carbons (Fsp3) is 0.130. The summed E-state index contributed by atoms with van der Waals surface area (Å²) in [7, 11) is 1.55. The molecule has 8 nitrogen and oxygen atoms in total. The van der Waals surface area contributed by atoms with Gasteiger partial charge in [-0.05, 0) is 58.6 Å². The zero-order valence-corrected chi connectivity index (χ0v) is 18.4. The Morgan fingerprint density at radius 3 is 2.66 bits per heavy atom. The maximum Gasteiger partial charge on any atom is 0.255 e. The van der Waals surface area contributed by atoms with Gasteiger partial charge in [0.2, 0.25) is 5.16 Å². The first-order valence-corrected chi connectivity index (χ1v) is 11.0. The van der Waals surface area contributed by atoms with E-state index >= 15 is 0 Å². The Labute approximate surface area is 189 Å². The van der Waals surface area contributed by atoms with Crippen molar-refractivity contribution in [1.29, 1.82) is 0 Å². The molecular weight excluding hydrogens is 426 g/mol. The average molecular weight is 448 g/mol. The van der Waals surface area contributed by atoms with Gasteiger partial charge in [0.15, 0.2) is 11.5 Å². The third kappa shape index (κ3) is 4.89. The summed E-state index contributed by atoms with van der Waals surface area (Å²) >= 11 is 1.44. The number of hydrogen-bond donors (Lipinski definition) is 1. The van der Waals surface area contributed by atoms with E-state index in [1.807, 2.05) is 54.8 Å². The number of nitrogens with zero attached hydrogens (tertiary/aromatic N) is 4. The summed E-state index contributed by atoms with van der Waals surface area (Å²) in [5, 5.41) is 15.2. The summed E-state index contributed by atoms with van der Waals surface area (Å²) in [6.45, 7) is 0.407. The molecule has 0 unspecified atom stereocenters. The van der Waals surface area contributed by atoms with Gasteiger partial charge in [-0.1, -0.05) is 48.2 Å². The molecule has 0 saturated heterocycles. The third-order valence-electron chi connectivity index (χ3n) is 4.64. The second-order valence-electron chi connectivity index (χ2n) is 6.72. The fourth-order valence-corrected chi connectivity index (χ4v) is 3.48. The maximum atomic E-state index is 12.8. The Morgan fingerprint density at radius 2 is 1.88 bits per heavy atom. The van der Waals surface area contributed by atoms with Crippen LogP contribution in [-0.2, 0) is 6.61 Å². The minimum Gasteiger partial charge on any atom is -0.493 e. The molecule has 0 atom stereocenters. The van der Waals surface area contributed by atoms with Crippen molar-refractivity contribution in [1.82, 2.24) is 20.2 Å². The summed E-state index contributed by atoms with van der Waals surface area (Å²) < 4.78 is 12.9. The van der Waals surface area contributed by atoms with Gasteiger partial charge in [0.1, 0.15) is 6.61 Å². The van der Waals surface area contributed by atoms with Crippen LogP contribution in [0.15, 0.2) is 78.0 Å². The summed E-state index contributed by atoms with van der Waals surface area (Å²) in [4.78, 5) is 12.8. The van der Waals surface area contributed by atoms with Crippen LogP contribution in [0.2, 0.25) is 0 Å². The number of anilines is 1. The predicted octanol–water partition coefficient (Wildman–Crippen LogP) is 4.22. The smallest absolute Gasteiger partial charge is 0.255 e. The van der Waals surface area contributed by atoms with Crippen molar-refractivity contribution in [3.8, 4) is 17.2 Å². The first-order valence-electron chi connectivity index (χ1n) is 9.77. The molecular formula is C23H21N5O3S. The number of rotatable bonds is 8. The van der Waals surface area contributed by atoms with Gasteiger partial charge >= 0.3 is 0 Å². The summed E-state index contributed by atoms with van der Waals surface area (Å²) in [5.74, 6) is 0.788. The van der Waals surface area contributed by atoms with Crippen LogP contribution in [0.5, 0.6) is 11.5 Å². The molecule has 1 N–H and O–H groups in total. The summed E-state index contributed by atoms with van der Waals surface area (Å²) in [6.07, 6.45) is 1.90. The molecule has 0 aliphatic heterocycles. The van der Waals surface area contributed by atoms with E-state index in [1.165, 1.54) is 11.8 Å². The second-order valence-corrected chi connectivity index (χ2v) is 7.50. The van der Waals surface area contributed by atoms with Crippen LogP contribution in [0.3, 0.4) is 0 Å². The topological polar surface area (TPSA) is 91.2 Å². The van der Waals surface area contributed by atoms with Crippen molar-refractivity contribution in [2.24, 2.45) is 0 Å². The molecule has 32 heavy (non-hydrogen) atoms. The number of thioether (sulfide) groups is 1. The third-order valence-corrected chi connectivity index (χ3v) is 5.25. The number of hydrogen-bond acceptors (Lipinski definition) is 7. The molecule has 0 aliphatic rings. The molecule has 0 aliphatic carbocycles. The zero-order chi connectivity index (χ0) is 22.3. The van der Waals surface area contributed by atoms with Crippen LogP contribution in [-0.4, -0.2) is 39.5 Å². The number of benzene rings is 3. The lowest BCUT2D eigenvalue weighted by molar-refractivity contribution is 0.102. The molecule has 4 rings (SSSR count). The molecule has 1 aromatic heterocycles. The lowest BCUT2D eigenvalue weighted by Gasteiger charge is -2.13. The number of amides is 1. The largest absolute Gasteiger partial charge is 0.493 e. The Hall–Kier alpha value is -3.85. The van der Waals surface area contributed by atoms with Crippen molar-refractivity contribution in [2.75, 3.05) is 18.7 Å². The van der Waals surface area contributed by atoms with Crippen molar-refractivity contribution >= 4 is 23.4 Å². The highest BCUT2D eigenvalue weighted by Crippen LogP contribution is 2.29. The van der Waals surface area contributed by atoms with Gasteiger partial charge in [-0.25, -0.2) is 0 Å². The monoisotopic (exact) mass is 447 g/mol. The number of carbonyl (C=O) groups is 1. The van der Waals surface area contributed by atoms with Crippen LogP contribution in [0, 0.1) is 0 Å². The maximum absolute atomic E-state index is 12.8. The lowest BCUT2D eigenvalue weighted by atomic mass is 10.1.